The lowest BCUT2D eigenvalue weighted by Crippen LogP contribution is -2.69. The minimum Gasteiger partial charge on any atom is -0.432 e. The molecule has 0 aromatic rings. The second-order valence-electron chi connectivity index (χ2n) is 26.3. The van der Waals surface area contributed by atoms with E-state index in [0.717, 1.165) is 5.57 Å². The number of carbonyl (C=O) groups is 1. The lowest BCUT2D eigenvalue weighted by Gasteiger charge is -2.72. The van der Waals surface area contributed by atoms with Gasteiger partial charge in [-0.1, -0.05) is 53.2 Å². The predicted octanol–water partition coefficient (Wildman–Crippen LogP) is -3.06. The van der Waals surface area contributed by atoms with Crippen molar-refractivity contribution in [2.45, 2.75) is 241 Å². The number of aliphatic hydroxyl groups excluding tert-OH is 15. The van der Waals surface area contributed by atoms with Crippen LogP contribution in [0.15, 0.2) is 11.6 Å². The predicted molar refractivity (Wildman–Crippen MR) is 264 cm³/mol. The molecule has 4 aliphatic heterocycles. The van der Waals surface area contributed by atoms with Crippen LogP contribution in [0.2, 0.25) is 0 Å². The number of allylic oxidation sites excluding steroid dienone is 2. The fourth-order valence-electron chi connectivity index (χ4n) is 16.6. The van der Waals surface area contributed by atoms with Gasteiger partial charge in [-0.2, -0.15) is 0 Å². The number of hydrogen-bond acceptors (Lipinski definition) is 24. The van der Waals surface area contributed by atoms with Gasteiger partial charge in [-0.15, -0.1) is 0 Å². The zero-order valence-corrected chi connectivity index (χ0v) is 45.6. The molecule has 0 unspecified atom stereocenters. The molecule has 448 valence electrons. The summed E-state index contributed by atoms with van der Waals surface area (Å²) in [6, 6.07) is 0. The first-order chi connectivity index (χ1) is 36.5. The molecule has 24 nitrogen and oxygen atoms in total. The van der Waals surface area contributed by atoms with Crippen LogP contribution in [0.25, 0.3) is 0 Å². The number of rotatable bonds is 12. The van der Waals surface area contributed by atoms with Gasteiger partial charge in [0.05, 0.1) is 50.2 Å². The Bertz CT molecular complexity index is 2150. The Balaban J connectivity index is 1.03. The maximum absolute atomic E-state index is 15.7. The van der Waals surface area contributed by atoms with Crippen LogP contribution >= 0.6 is 0 Å². The minimum absolute atomic E-state index is 0.0574. The van der Waals surface area contributed by atoms with E-state index in [4.69, 9.17) is 37.9 Å². The lowest BCUT2D eigenvalue weighted by molar-refractivity contribution is -0.387. The normalized spacial score (nSPS) is 55.1. The Hall–Kier alpha value is -1.67. The molecule has 24 heteroatoms. The average molecular weight is 1120 g/mol. The van der Waals surface area contributed by atoms with Gasteiger partial charge in [-0.3, -0.25) is 4.79 Å². The van der Waals surface area contributed by atoms with E-state index in [-0.39, 0.29) is 23.7 Å². The highest BCUT2D eigenvalue weighted by Crippen LogP contribution is 2.76. The zero-order valence-electron chi connectivity index (χ0n) is 45.6. The summed E-state index contributed by atoms with van der Waals surface area (Å²) in [6.45, 7) is 11.5. The summed E-state index contributed by atoms with van der Waals surface area (Å²) in [5.41, 5.74) is -2.98. The molecule has 30 atom stereocenters. The molecule has 9 rings (SSSR count). The van der Waals surface area contributed by atoms with Gasteiger partial charge in [0.1, 0.15) is 85.5 Å². The van der Waals surface area contributed by atoms with Crippen molar-refractivity contribution in [2.75, 3.05) is 26.4 Å². The third-order valence-corrected chi connectivity index (χ3v) is 21.5. The van der Waals surface area contributed by atoms with Gasteiger partial charge in [0.15, 0.2) is 25.0 Å². The van der Waals surface area contributed by atoms with E-state index in [1.54, 1.807) is 0 Å². The van der Waals surface area contributed by atoms with Crippen LogP contribution in [-0.4, -0.2) is 244 Å². The molecule has 8 fully saturated rings. The molecule has 15 N–H and O–H groups in total. The van der Waals surface area contributed by atoms with Crippen molar-refractivity contribution in [1.29, 1.82) is 0 Å². The summed E-state index contributed by atoms with van der Waals surface area (Å²) in [5, 5.41) is 163. The fourth-order valence-corrected chi connectivity index (χ4v) is 16.6. The second-order valence-corrected chi connectivity index (χ2v) is 26.3. The monoisotopic (exact) mass is 1120 g/mol. The van der Waals surface area contributed by atoms with Gasteiger partial charge in [0.2, 0.25) is 6.29 Å². The molecular weight excluding hydrogens is 1030 g/mol. The molecular formula is C54H88O24. The number of fused-ring (bicyclic) bond motifs is 7. The summed E-state index contributed by atoms with van der Waals surface area (Å²) < 4.78 is 48.5. The lowest BCUT2D eigenvalue weighted by atomic mass is 9.33. The average Bonchev–Trinajstić information content (AvgIpc) is 3.27. The Morgan fingerprint density at radius 2 is 1.08 bits per heavy atom. The van der Waals surface area contributed by atoms with E-state index < -0.39 is 200 Å². The van der Waals surface area contributed by atoms with Crippen molar-refractivity contribution in [2.24, 2.45) is 50.2 Å². The Morgan fingerprint density at radius 3 is 1.65 bits per heavy atom. The molecule has 9 aliphatic rings. The van der Waals surface area contributed by atoms with Crippen LogP contribution in [0.1, 0.15) is 106 Å². The van der Waals surface area contributed by atoms with Crippen molar-refractivity contribution in [3.05, 3.63) is 11.6 Å². The largest absolute Gasteiger partial charge is 0.432 e. The van der Waals surface area contributed by atoms with E-state index in [9.17, 15) is 76.6 Å². The minimum atomic E-state index is -1.98. The molecule has 0 amide bonds. The Kier molecular flexibility index (Phi) is 17.2. The van der Waals surface area contributed by atoms with Gasteiger partial charge in [-0.25, -0.2) is 0 Å². The highest BCUT2D eigenvalue weighted by atomic mass is 16.8. The van der Waals surface area contributed by atoms with Crippen molar-refractivity contribution in [1.82, 2.24) is 0 Å². The van der Waals surface area contributed by atoms with Gasteiger partial charge < -0.3 is 114 Å². The molecule has 0 aromatic carbocycles. The van der Waals surface area contributed by atoms with E-state index in [0.29, 0.717) is 51.4 Å². The highest BCUT2D eigenvalue weighted by Gasteiger charge is 2.72. The molecule has 0 aromatic heterocycles. The van der Waals surface area contributed by atoms with Crippen molar-refractivity contribution in [3.8, 4) is 0 Å². The molecule has 0 bridgehead atoms. The summed E-state index contributed by atoms with van der Waals surface area (Å²) in [6.07, 6.45) is -29.4. The maximum Gasteiger partial charge on any atom is 0.315 e. The van der Waals surface area contributed by atoms with Crippen LogP contribution in [0, 0.1) is 50.2 Å². The Morgan fingerprint density at radius 1 is 0.564 bits per heavy atom. The number of hydrogen-bond donors (Lipinski definition) is 15. The van der Waals surface area contributed by atoms with Crippen LogP contribution in [0.5, 0.6) is 0 Å². The van der Waals surface area contributed by atoms with Crippen LogP contribution in [0.4, 0.5) is 0 Å². The van der Waals surface area contributed by atoms with Crippen molar-refractivity contribution in [3.63, 3.8) is 0 Å². The standard InChI is InChI=1S/C54H88O24/c1-22-31(60)35(64)38(67)44(71-22)76-42-41(75-45-39(68)36(65)32(61)26(18-55)72-45)34(63)28(20-57)74-47(42)78-48(70)54-14-12-49(2,3)16-24(54)23-8-9-30-50(4)17-25(59)43(77-46-40(69)37(66)33(62)27(19-56)73-46)51(5,21-58)29(50)10-11-53(30,7)52(23,6)13-15-54/h8,22,24-47,55-69H,9-21H2,1-7H3/t22-,24-,25-,26+,27+,28+,29+,30+,31-,32-,33+,34+,35+,36-,37-,38+,39+,40+,41-,42+,43-,44-,45-,46-,47-,50-,51-,52+,53+,54-/m0/s1. The van der Waals surface area contributed by atoms with Crippen molar-refractivity contribution < 1.29 is 119 Å². The summed E-state index contributed by atoms with van der Waals surface area (Å²) in [7, 11) is 0. The van der Waals surface area contributed by atoms with E-state index >= 15 is 4.79 Å². The third kappa shape index (κ3) is 9.67. The summed E-state index contributed by atoms with van der Waals surface area (Å²) in [5.74, 6) is -1.37. The summed E-state index contributed by atoms with van der Waals surface area (Å²) >= 11 is 0. The second kappa shape index (κ2) is 22.1. The van der Waals surface area contributed by atoms with Crippen LogP contribution < -0.4 is 0 Å². The number of aliphatic hydroxyl groups is 15. The van der Waals surface area contributed by atoms with Gasteiger partial charge in [-0.05, 0) is 104 Å². The summed E-state index contributed by atoms with van der Waals surface area (Å²) in [4.78, 5) is 15.7. The van der Waals surface area contributed by atoms with E-state index in [1.165, 1.54) is 6.92 Å². The van der Waals surface area contributed by atoms with E-state index in [2.05, 4.69) is 40.7 Å². The quantitative estimate of drug-likeness (QED) is 0.0524. The van der Waals surface area contributed by atoms with Crippen molar-refractivity contribution >= 4 is 5.97 Å². The fraction of sp³-hybridized carbons (Fsp3) is 0.944. The Labute approximate surface area is 453 Å². The number of esters is 1. The van der Waals surface area contributed by atoms with Gasteiger partial charge in [0, 0.05) is 5.41 Å². The first kappa shape index (κ1) is 60.9. The topological polar surface area (TPSA) is 394 Å². The third-order valence-electron chi connectivity index (χ3n) is 21.5. The SMILES string of the molecule is C[C@@H]1O[C@@H](O[C@H]2[C@H](OC(=O)[C@]34CCC(C)(C)C[C@H]3C3=CC[C@@H]5[C@@]6(C)C[C@H](O)[C@H](O[C@@H]7O[C@H](CO)[C@@H](O)[C@H](O)[C@H]7O)[C@@](C)(CO)[C@@H]6CC[C@@]5(C)[C@]3(C)CC4)O[C@H](CO)[C@@H](O)[C@@H]2O[C@@H]2O[C@H](CO)[C@H](O)[C@H](O)[C@H]2O)[C@H](O)[C@H](O)[C@H]1O. The number of ether oxygens (including phenoxy) is 8. The van der Waals surface area contributed by atoms with Gasteiger partial charge >= 0.3 is 5.97 Å². The maximum atomic E-state index is 15.7. The van der Waals surface area contributed by atoms with Crippen LogP contribution in [0.3, 0.4) is 0 Å². The molecule has 0 radical (unpaired) electrons. The van der Waals surface area contributed by atoms with Crippen LogP contribution in [-0.2, 0) is 42.7 Å². The van der Waals surface area contributed by atoms with Gasteiger partial charge in [0.25, 0.3) is 0 Å². The first-order valence-electron chi connectivity index (χ1n) is 27.9. The smallest absolute Gasteiger partial charge is 0.315 e. The zero-order chi connectivity index (χ0) is 57.1. The molecule has 5 aliphatic carbocycles. The molecule has 4 saturated heterocycles. The molecule has 78 heavy (non-hydrogen) atoms. The molecule has 0 spiro atoms. The number of carbonyl (C=O) groups excluding carboxylic acids is 1. The molecule has 4 heterocycles. The van der Waals surface area contributed by atoms with E-state index in [1.807, 2.05) is 6.92 Å². The highest BCUT2D eigenvalue weighted by molar-refractivity contribution is 5.79. The first-order valence-corrected chi connectivity index (χ1v) is 27.9. The molecule has 4 saturated carbocycles.